The van der Waals surface area contributed by atoms with Gasteiger partial charge < -0.3 is 15.0 Å². The van der Waals surface area contributed by atoms with Gasteiger partial charge in [-0.2, -0.15) is 4.80 Å². The molecule has 0 saturated carbocycles. The fourth-order valence-corrected chi connectivity index (χ4v) is 2.96. The Morgan fingerprint density at radius 3 is 2.68 bits per heavy atom. The number of carbonyl (C=O) groups excluding carboxylic acids is 1. The molecule has 1 aliphatic rings. The summed E-state index contributed by atoms with van der Waals surface area (Å²) < 4.78 is 18.6. The fourth-order valence-electron chi connectivity index (χ4n) is 2.96. The van der Waals surface area contributed by atoms with Gasteiger partial charge in [0.15, 0.2) is 0 Å². The van der Waals surface area contributed by atoms with Gasteiger partial charge in [0.25, 0.3) is 0 Å². The molecule has 144 valence electrons. The number of morpholine rings is 1. The van der Waals surface area contributed by atoms with Gasteiger partial charge in [0.2, 0.25) is 11.7 Å². The summed E-state index contributed by atoms with van der Waals surface area (Å²) >= 11 is 0. The molecule has 1 fully saturated rings. The molecule has 1 saturated heterocycles. The van der Waals surface area contributed by atoms with Crippen LogP contribution in [-0.4, -0.2) is 52.4 Å². The number of anilines is 2. The van der Waals surface area contributed by atoms with Gasteiger partial charge >= 0.3 is 0 Å². The van der Waals surface area contributed by atoms with Crippen molar-refractivity contribution in [1.82, 2.24) is 20.2 Å². The lowest BCUT2D eigenvalue weighted by molar-refractivity contribution is -0.117. The van der Waals surface area contributed by atoms with Gasteiger partial charge in [-0.15, -0.1) is 10.2 Å². The highest BCUT2D eigenvalue weighted by Gasteiger charge is 2.13. The molecule has 0 radical (unpaired) electrons. The molecule has 9 heteroatoms. The van der Waals surface area contributed by atoms with Crippen LogP contribution in [0.3, 0.4) is 0 Å². The fraction of sp³-hybridized carbons (Fsp3) is 0.263. The van der Waals surface area contributed by atoms with Crippen molar-refractivity contribution in [2.24, 2.45) is 0 Å². The molecule has 3 aromatic rings. The largest absolute Gasteiger partial charge is 0.378 e. The molecule has 0 unspecified atom stereocenters. The van der Waals surface area contributed by atoms with Crippen molar-refractivity contribution in [3.8, 4) is 11.4 Å². The first-order chi connectivity index (χ1) is 13.7. The minimum Gasteiger partial charge on any atom is -0.378 e. The van der Waals surface area contributed by atoms with Gasteiger partial charge in [0, 0.05) is 30.0 Å². The van der Waals surface area contributed by atoms with Gasteiger partial charge in [-0.05, 0) is 47.7 Å². The number of aromatic nitrogens is 4. The maximum atomic E-state index is 13.2. The number of nitrogens with zero attached hydrogens (tertiary/aromatic N) is 5. The lowest BCUT2D eigenvalue weighted by Gasteiger charge is -2.28. The van der Waals surface area contributed by atoms with Crippen LogP contribution in [0, 0.1) is 5.82 Å². The summed E-state index contributed by atoms with van der Waals surface area (Å²) in [6, 6.07) is 13.6. The van der Waals surface area contributed by atoms with Crippen LogP contribution in [0.4, 0.5) is 15.8 Å². The van der Waals surface area contributed by atoms with E-state index in [1.54, 1.807) is 6.07 Å². The molecule has 0 bridgehead atoms. The van der Waals surface area contributed by atoms with Crippen molar-refractivity contribution in [1.29, 1.82) is 0 Å². The van der Waals surface area contributed by atoms with E-state index < -0.39 is 5.82 Å². The molecule has 1 aromatic heterocycles. The zero-order valence-electron chi connectivity index (χ0n) is 15.1. The summed E-state index contributed by atoms with van der Waals surface area (Å²) in [6.45, 7) is 3.09. The number of halogens is 1. The Bertz CT molecular complexity index is 953. The number of tetrazole rings is 1. The van der Waals surface area contributed by atoms with Crippen LogP contribution in [-0.2, 0) is 16.1 Å². The first kappa shape index (κ1) is 18.1. The average Bonchev–Trinajstić information content (AvgIpc) is 3.17. The van der Waals surface area contributed by atoms with E-state index in [1.807, 2.05) is 24.3 Å². The smallest absolute Gasteiger partial charge is 0.248 e. The molecule has 1 amide bonds. The van der Waals surface area contributed by atoms with E-state index in [9.17, 15) is 9.18 Å². The molecular formula is C19H19FN6O2. The Morgan fingerprint density at radius 2 is 1.93 bits per heavy atom. The Hall–Kier alpha value is -3.33. The zero-order chi connectivity index (χ0) is 19.3. The third-order valence-electron chi connectivity index (χ3n) is 4.35. The number of benzene rings is 2. The van der Waals surface area contributed by atoms with Crippen molar-refractivity contribution < 1.29 is 13.9 Å². The summed E-state index contributed by atoms with van der Waals surface area (Å²) in [7, 11) is 0. The SMILES string of the molecule is O=C(Cn1nnc(-c2ccc(N3CCOCC3)cc2)n1)Nc1cccc(F)c1. The van der Waals surface area contributed by atoms with Crippen LogP contribution >= 0.6 is 0 Å². The molecule has 28 heavy (non-hydrogen) atoms. The van der Waals surface area contributed by atoms with Crippen molar-refractivity contribution in [2.75, 3.05) is 36.5 Å². The first-order valence-electron chi connectivity index (χ1n) is 8.94. The van der Waals surface area contributed by atoms with Gasteiger partial charge in [-0.3, -0.25) is 4.79 Å². The molecule has 1 aliphatic heterocycles. The minimum atomic E-state index is -0.417. The van der Waals surface area contributed by atoms with Gasteiger partial charge in [0.1, 0.15) is 12.4 Å². The number of amides is 1. The predicted molar refractivity (Wildman–Crippen MR) is 101 cm³/mol. The third kappa shape index (κ3) is 4.32. The number of nitrogens with one attached hydrogen (secondary N) is 1. The van der Waals surface area contributed by atoms with Crippen molar-refractivity contribution in [3.63, 3.8) is 0 Å². The molecule has 0 atom stereocenters. The van der Waals surface area contributed by atoms with Crippen molar-refractivity contribution in [3.05, 3.63) is 54.3 Å². The highest BCUT2D eigenvalue weighted by Crippen LogP contribution is 2.21. The molecular weight excluding hydrogens is 363 g/mol. The number of carbonyl (C=O) groups is 1. The molecule has 4 rings (SSSR count). The van der Waals surface area contributed by atoms with Crippen LogP contribution in [0.15, 0.2) is 48.5 Å². The Kier molecular flexibility index (Phi) is 5.24. The summed E-state index contributed by atoms with van der Waals surface area (Å²) in [4.78, 5) is 15.5. The number of hydrogen-bond donors (Lipinski definition) is 1. The second kappa shape index (κ2) is 8.13. The highest BCUT2D eigenvalue weighted by atomic mass is 19.1. The van der Waals surface area contributed by atoms with Crippen molar-refractivity contribution >= 4 is 17.3 Å². The molecule has 0 spiro atoms. The normalized spacial score (nSPS) is 14.1. The van der Waals surface area contributed by atoms with Crippen LogP contribution < -0.4 is 10.2 Å². The van der Waals surface area contributed by atoms with E-state index in [0.29, 0.717) is 11.5 Å². The summed E-state index contributed by atoms with van der Waals surface area (Å²) in [5.74, 6) is -0.344. The zero-order valence-corrected chi connectivity index (χ0v) is 15.1. The van der Waals surface area contributed by atoms with Crippen LogP contribution in [0.25, 0.3) is 11.4 Å². The third-order valence-corrected chi connectivity index (χ3v) is 4.35. The molecule has 2 aromatic carbocycles. The second-order valence-corrected chi connectivity index (χ2v) is 6.35. The Labute approximate surface area is 160 Å². The van der Waals surface area contributed by atoms with Crippen LogP contribution in [0.5, 0.6) is 0 Å². The summed E-state index contributed by atoms with van der Waals surface area (Å²) in [5.41, 5.74) is 2.31. The minimum absolute atomic E-state index is 0.116. The highest BCUT2D eigenvalue weighted by molar-refractivity contribution is 5.90. The second-order valence-electron chi connectivity index (χ2n) is 6.35. The van der Waals surface area contributed by atoms with Gasteiger partial charge in [-0.25, -0.2) is 4.39 Å². The maximum Gasteiger partial charge on any atom is 0.248 e. The summed E-state index contributed by atoms with van der Waals surface area (Å²) in [6.07, 6.45) is 0. The maximum absolute atomic E-state index is 13.2. The number of ether oxygens (including phenoxy) is 1. The lowest BCUT2D eigenvalue weighted by Crippen LogP contribution is -2.36. The van der Waals surface area contributed by atoms with Gasteiger partial charge in [-0.1, -0.05) is 6.07 Å². The van der Waals surface area contributed by atoms with Crippen LogP contribution in [0.1, 0.15) is 0 Å². The molecule has 2 heterocycles. The lowest BCUT2D eigenvalue weighted by atomic mass is 10.2. The molecule has 0 aliphatic carbocycles. The number of rotatable bonds is 5. The average molecular weight is 382 g/mol. The Balaban J connectivity index is 1.39. The van der Waals surface area contributed by atoms with Crippen molar-refractivity contribution in [2.45, 2.75) is 6.54 Å². The first-order valence-corrected chi connectivity index (χ1v) is 8.94. The van der Waals surface area contributed by atoms with E-state index >= 15 is 0 Å². The van der Waals surface area contributed by atoms with E-state index in [2.05, 4.69) is 25.6 Å². The molecule has 8 nitrogen and oxygen atoms in total. The van der Waals surface area contributed by atoms with E-state index in [4.69, 9.17) is 4.74 Å². The Morgan fingerprint density at radius 1 is 1.14 bits per heavy atom. The molecule has 1 N–H and O–H groups in total. The monoisotopic (exact) mass is 382 g/mol. The van der Waals surface area contributed by atoms with E-state index in [-0.39, 0.29) is 12.5 Å². The number of hydrogen-bond acceptors (Lipinski definition) is 6. The predicted octanol–water partition coefficient (Wildman–Crippen LogP) is 1.95. The van der Waals surface area contributed by atoms with Crippen LogP contribution in [0.2, 0.25) is 0 Å². The summed E-state index contributed by atoms with van der Waals surface area (Å²) in [5, 5.41) is 14.8. The quantitative estimate of drug-likeness (QED) is 0.726. The van der Waals surface area contributed by atoms with E-state index in [0.717, 1.165) is 37.6 Å². The van der Waals surface area contributed by atoms with E-state index in [1.165, 1.54) is 23.0 Å². The standard InChI is InChI=1S/C19H19FN6O2/c20-15-2-1-3-16(12-15)21-18(27)13-26-23-19(22-24-26)14-4-6-17(7-5-14)25-8-10-28-11-9-25/h1-7,12H,8-11,13H2,(H,21,27). The van der Waals surface area contributed by atoms with Gasteiger partial charge in [0.05, 0.1) is 13.2 Å². The topological polar surface area (TPSA) is 85.2 Å².